The fourth-order valence-corrected chi connectivity index (χ4v) is 3.22. The van der Waals surface area contributed by atoms with Crippen molar-refractivity contribution in [2.45, 2.75) is 19.0 Å². The molecule has 0 amide bonds. The summed E-state index contributed by atoms with van der Waals surface area (Å²) in [5.74, 6) is 1.05. The van der Waals surface area contributed by atoms with Crippen molar-refractivity contribution in [2.24, 2.45) is 0 Å². The van der Waals surface area contributed by atoms with Gasteiger partial charge in [-0.05, 0) is 35.5 Å². The van der Waals surface area contributed by atoms with Gasteiger partial charge in [0, 0.05) is 24.6 Å². The van der Waals surface area contributed by atoms with Crippen molar-refractivity contribution in [3.05, 3.63) is 52.2 Å². The van der Waals surface area contributed by atoms with E-state index >= 15 is 0 Å². The van der Waals surface area contributed by atoms with Crippen LogP contribution in [-0.4, -0.2) is 18.6 Å². The van der Waals surface area contributed by atoms with Crippen LogP contribution in [0.4, 0.5) is 0 Å². The van der Waals surface area contributed by atoms with Gasteiger partial charge < -0.3 is 4.74 Å². The van der Waals surface area contributed by atoms with Crippen molar-refractivity contribution >= 4 is 11.3 Å². The largest absolute Gasteiger partial charge is 0.493 e. The molecule has 0 spiro atoms. The highest BCUT2D eigenvalue weighted by Crippen LogP contribution is 2.35. The van der Waals surface area contributed by atoms with Crippen molar-refractivity contribution in [2.75, 3.05) is 13.7 Å². The van der Waals surface area contributed by atoms with Crippen LogP contribution in [0.25, 0.3) is 0 Å². The molecule has 1 aliphatic heterocycles. The Kier molecular flexibility index (Phi) is 3.35. The van der Waals surface area contributed by atoms with E-state index in [1.165, 1.54) is 11.1 Å². The number of rotatable bonds is 3. The van der Waals surface area contributed by atoms with Crippen molar-refractivity contribution < 1.29 is 4.74 Å². The number of benzene rings is 1. The fourth-order valence-electron chi connectivity index (χ4n) is 2.56. The van der Waals surface area contributed by atoms with Gasteiger partial charge in [-0.2, -0.15) is 11.3 Å². The van der Waals surface area contributed by atoms with Crippen LogP contribution < -0.4 is 4.74 Å². The smallest absolute Gasteiger partial charge is 0.124 e. The first-order valence-electron chi connectivity index (χ1n) is 6.27. The summed E-state index contributed by atoms with van der Waals surface area (Å²) >= 11 is 1.76. The van der Waals surface area contributed by atoms with E-state index in [1.54, 1.807) is 11.3 Å². The Labute approximate surface area is 112 Å². The molecule has 1 aliphatic rings. The quantitative estimate of drug-likeness (QED) is 0.833. The highest BCUT2D eigenvalue weighted by atomic mass is 32.1. The minimum atomic E-state index is 0.467. The van der Waals surface area contributed by atoms with Gasteiger partial charge in [0.05, 0.1) is 6.61 Å². The van der Waals surface area contributed by atoms with E-state index in [2.05, 4.69) is 47.0 Å². The molecular weight excluding hydrogens is 242 g/mol. The van der Waals surface area contributed by atoms with E-state index in [1.807, 2.05) is 6.07 Å². The van der Waals surface area contributed by atoms with Crippen LogP contribution in [0.15, 0.2) is 41.1 Å². The first-order valence-corrected chi connectivity index (χ1v) is 7.22. The van der Waals surface area contributed by atoms with E-state index < -0.39 is 0 Å². The van der Waals surface area contributed by atoms with Crippen LogP contribution in [0.1, 0.15) is 23.6 Å². The molecule has 1 aromatic carbocycles. The van der Waals surface area contributed by atoms with E-state index in [-0.39, 0.29) is 0 Å². The molecule has 0 radical (unpaired) electrons. The van der Waals surface area contributed by atoms with Gasteiger partial charge in [0.15, 0.2) is 0 Å². The summed E-state index contributed by atoms with van der Waals surface area (Å²) in [6.07, 6.45) is 1.07. The van der Waals surface area contributed by atoms with Crippen molar-refractivity contribution in [3.8, 4) is 5.75 Å². The second-order valence-electron chi connectivity index (χ2n) is 4.74. The Bertz CT molecular complexity index is 509. The van der Waals surface area contributed by atoms with Crippen LogP contribution in [0.3, 0.4) is 0 Å². The minimum Gasteiger partial charge on any atom is -0.493 e. The Morgan fingerprint density at radius 1 is 1.33 bits per heavy atom. The van der Waals surface area contributed by atoms with E-state index in [0.29, 0.717) is 6.04 Å². The van der Waals surface area contributed by atoms with Gasteiger partial charge in [-0.25, -0.2) is 0 Å². The zero-order chi connectivity index (χ0) is 12.4. The number of hydrogen-bond donors (Lipinski definition) is 0. The van der Waals surface area contributed by atoms with Gasteiger partial charge in [0.25, 0.3) is 0 Å². The number of thiophene rings is 1. The molecule has 0 N–H and O–H groups in total. The number of para-hydroxylation sites is 1. The lowest BCUT2D eigenvalue weighted by Crippen LogP contribution is -2.28. The number of hydrogen-bond acceptors (Lipinski definition) is 3. The molecule has 0 aliphatic carbocycles. The first kappa shape index (κ1) is 11.8. The number of ether oxygens (including phenoxy) is 1. The average molecular weight is 259 g/mol. The summed E-state index contributed by atoms with van der Waals surface area (Å²) in [7, 11) is 2.20. The van der Waals surface area contributed by atoms with Crippen LogP contribution in [0, 0.1) is 0 Å². The zero-order valence-electron chi connectivity index (χ0n) is 10.5. The molecule has 1 aromatic heterocycles. The molecule has 1 unspecified atom stereocenters. The summed E-state index contributed by atoms with van der Waals surface area (Å²) in [4.78, 5) is 2.42. The summed E-state index contributed by atoms with van der Waals surface area (Å²) in [5.41, 5.74) is 2.72. The first-order chi connectivity index (χ1) is 8.84. The molecule has 3 rings (SSSR count). The monoisotopic (exact) mass is 259 g/mol. The summed E-state index contributed by atoms with van der Waals surface area (Å²) in [6.45, 7) is 1.82. The van der Waals surface area contributed by atoms with E-state index in [4.69, 9.17) is 4.74 Å². The van der Waals surface area contributed by atoms with Crippen molar-refractivity contribution in [1.82, 2.24) is 4.90 Å². The molecule has 18 heavy (non-hydrogen) atoms. The Morgan fingerprint density at radius 2 is 2.22 bits per heavy atom. The molecule has 2 heterocycles. The predicted molar refractivity (Wildman–Crippen MR) is 75.1 cm³/mol. The van der Waals surface area contributed by atoms with Gasteiger partial charge in [-0.1, -0.05) is 18.2 Å². The van der Waals surface area contributed by atoms with Crippen LogP contribution in [-0.2, 0) is 6.54 Å². The molecule has 2 nitrogen and oxygen atoms in total. The maximum absolute atomic E-state index is 5.71. The highest BCUT2D eigenvalue weighted by molar-refractivity contribution is 7.07. The standard InChI is InChI=1S/C15H17NOS/c1-16(10-12-7-9-18-11-12)14-6-8-17-15-5-3-2-4-13(14)15/h2-5,7,9,11,14H,6,8,10H2,1H3. The third kappa shape index (κ3) is 2.28. The van der Waals surface area contributed by atoms with Gasteiger partial charge in [-0.15, -0.1) is 0 Å². The maximum atomic E-state index is 5.71. The van der Waals surface area contributed by atoms with E-state index in [0.717, 1.165) is 25.3 Å². The van der Waals surface area contributed by atoms with Crippen LogP contribution in [0.5, 0.6) is 5.75 Å². The molecule has 2 aromatic rings. The molecule has 0 fully saturated rings. The fraction of sp³-hybridized carbons (Fsp3) is 0.333. The molecule has 1 atom stereocenters. The van der Waals surface area contributed by atoms with Crippen LogP contribution >= 0.6 is 11.3 Å². The second kappa shape index (κ2) is 5.12. The molecule has 94 valence electrons. The van der Waals surface area contributed by atoms with Crippen LogP contribution in [0.2, 0.25) is 0 Å². The summed E-state index contributed by atoms with van der Waals surface area (Å²) < 4.78 is 5.71. The molecule has 0 bridgehead atoms. The lowest BCUT2D eigenvalue weighted by atomic mass is 9.99. The molecule has 0 saturated heterocycles. The van der Waals surface area contributed by atoms with Gasteiger partial charge >= 0.3 is 0 Å². The second-order valence-corrected chi connectivity index (χ2v) is 5.52. The minimum absolute atomic E-state index is 0.467. The predicted octanol–water partition coefficient (Wildman–Crippen LogP) is 3.70. The highest BCUT2D eigenvalue weighted by Gasteiger charge is 2.24. The Morgan fingerprint density at radius 3 is 3.06 bits per heavy atom. The normalized spacial score (nSPS) is 18.4. The Hall–Kier alpha value is -1.32. The van der Waals surface area contributed by atoms with Gasteiger partial charge in [0.2, 0.25) is 0 Å². The zero-order valence-corrected chi connectivity index (χ0v) is 11.3. The SMILES string of the molecule is CN(Cc1ccsc1)C1CCOc2ccccc21. The topological polar surface area (TPSA) is 12.5 Å². The summed E-state index contributed by atoms with van der Waals surface area (Å²) in [5, 5.41) is 4.36. The molecule has 0 saturated carbocycles. The third-order valence-electron chi connectivity index (χ3n) is 3.47. The Balaban J connectivity index is 1.80. The lowest BCUT2D eigenvalue weighted by Gasteiger charge is -2.33. The summed E-state index contributed by atoms with van der Waals surface area (Å²) in [6, 6.07) is 11.1. The third-order valence-corrected chi connectivity index (χ3v) is 4.20. The molecular formula is C15H17NOS. The van der Waals surface area contributed by atoms with Gasteiger partial charge in [0.1, 0.15) is 5.75 Å². The lowest BCUT2D eigenvalue weighted by molar-refractivity contribution is 0.161. The number of fused-ring (bicyclic) bond motifs is 1. The van der Waals surface area contributed by atoms with Crippen molar-refractivity contribution in [3.63, 3.8) is 0 Å². The van der Waals surface area contributed by atoms with Gasteiger partial charge in [-0.3, -0.25) is 4.90 Å². The average Bonchev–Trinajstić information content (AvgIpc) is 2.91. The number of nitrogens with zero attached hydrogens (tertiary/aromatic N) is 1. The molecule has 3 heteroatoms. The van der Waals surface area contributed by atoms with Crippen molar-refractivity contribution in [1.29, 1.82) is 0 Å². The maximum Gasteiger partial charge on any atom is 0.124 e. The van der Waals surface area contributed by atoms with E-state index in [9.17, 15) is 0 Å².